The SMILES string of the molecule is CC(C)(C=O)CC(=O)OC1CCC2(C)C(CCC3(C)C4CCC5(NC(=O)Nc6ccccc6)CCCC5C4CCC32)C1(C)C. The Morgan fingerprint density at radius 2 is 1.59 bits per heavy atom. The maximum atomic E-state index is 13.2. The second-order valence-electron chi connectivity index (χ2n) is 17.3. The molecule has 5 aliphatic rings. The monoisotopic (exact) mass is 604 g/mol. The molecule has 5 fully saturated rings. The highest BCUT2D eigenvalue weighted by atomic mass is 16.5. The zero-order valence-corrected chi connectivity index (χ0v) is 28.0. The van der Waals surface area contributed by atoms with Crippen molar-refractivity contribution in [2.24, 2.45) is 51.2 Å². The Hall–Kier alpha value is -2.37. The van der Waals surface area contributed by atoms with Crippen molar-refractivity contribution in [2.75, 3.05) is 5.32 Å². The molecular weight excluding hydrogens is 548 g/mol. The number of carbonyl (C=O) groups is 3. The number of carbonyl (C=O) groups excluding carboxylic acids is 3. The molecule has 0 saturated heterocycles. The molecule has 0 bridgehead atoms. The number of ether oxygens (including phenoxy) is 1. The van der Waals surface area contributed by atoms with Crippen molar-refractivity contribution < 1.29 is 19.1 Å². The zero-order valence-electron chi connectivity index (χ0n) is 28.0. The topological polar surface area (TPSA) is 84.5 Å². The quantitative estimate of drug-likeness (QED) is 0.252. The number of aldehydes is 1. The molecule has 2 N–H and O–H groups in total. The van der Waals surface area contributed by atoms with E-state index in [-0.39, 0.29) is 40.9 Å². The maximum absolute atomic E-state index is 13.2. The summed E-state index contributed by atoms with van der Waals surface area (Å²) in [5.74, 6) is 2.89. The predicted molar refractivity (Wildman–Crippen MR) is 174 cm³/mol. The number of esters is 1. The third-order valence-electron chi connectivity index (χ3n) is 14.0. The number of fused-ring (bicyclic) bond motifs is 7. The van der Waals surface area contributed by atoms with Gasteiger partial charge in [0.05, 0.1) is 6.42 Å². The first-order valence-electron chi connectivity index (χ1n) is 17.5. The third-order valence-corrected chi connectivity index (χ3v) is 14.0. The normalized spacial score (nSPS) is 40.8. The van der Waals surface area contributed by atoms with Gasteiger partial charge in [-0.25, -0.2) is 4.79 Å². The fourth-order valence-electron chi connectivity index (χ4n) is 12.1. The lowest BCUT2D eigenvalue weighted by Crippen LogP contribution is -2.65. The molecule has 0 heterocycles. The van der Waals surface area contributed by atoms with Crippen molar-refractivity contribution in [3.63, 3.8) is 0 Å². The average molecular weight is 605 g/mol. The van der Waals surface area contributed by atoms with E-state index < -0.39 is 5.41 Å². The molecule has 44 heavy (non-hydrogen) atoms. The first kappa shape index (κ1) is 31.6. The standard InChI is InChI=1S/C38H56N2O4/c1-34(2,24-41)23-32(42)44-31-18-21-37(6)29(35(31,3)4)17-20-36(5)27-16-22-38(40-33(43)39-25-11-8-7-9-12-25)19-10-13-28(38)26(27)14-15-30(36)37/h7-9,11-12,24,26-31H,10,13-23H2,1-6H3,(H2,39,40,43). The number of rotatable bonds is 6. The van der Waals surface area contributed by atoms with Gasteiger partial charge >= 0.3 is 12.0 Å². The van der Waals surface area contributed by atoms with Gasteiger partial charge in [-0.1, -0.05) is 66.2 Å². The van der Waals surface area contributed by atoms with E-state index >= 15 is 0 Å². The van der Waals surface area contributed by atoms with Gasteiger partial charge in [0.2, 0.25) is 0 Å². The summed E-state index contributed by atoms with van der Waals surface area (Å²) in [5.41, 5.74) is 0.517. The summed E-state index contributed by atoms with van der Waals surface area (Å²) < 4.78 is 6.18. The Morgan fingerprint density at radius 3 is 2.32 bits per heavy atom. The van der Waals surface area contributed by atoms with Crippen LogP contribution in [-0.4, -0.2) is 29.9 Å². The van der Waals surface area contributed by atoms with Crippen LogP contribution < -0.4 is 10.6 Å². The van der Waals surface area contributed by atoms with Crippen LogP contribution in [0.15, 0.2) is 30.3 Å². The van der Waals surface area contributed by atoms with Gasteiger partial charge in [-0.3, -0.25) is 4.79 Å². The van der Waals surface area contributed by atoms with E-state index in [0.717, 1.165) is 37.7 Å². The van der Waals surface area contributed by atoms with Crippen LogP contribution in [0.4, 0.5) is 10.5 Å². The van der Waals surface area contributed by atoms with E-state index in [1.807, 2.05) is 30.3 Å². The molecule has 9 atom stereocenters. The lowest BCUT2D eigenvalue weighted by Gasteiger charge is -2.69. The van der Waals surface area contributed by atoms with Crippen LogP contribution in [0.2, 0.25) is 0 Å². The number of hydrogen-bond acceptors (Lipinski definition) is 4. The van der Waals surface area contributed by atoms with Gasteiger partial charge in [-0.05, 0) is 117 Å². The highest BCUT2D eigenvalue weighted by Gasteiger charge is 2.66. The predicted octanol–water partition coefficient (Wildman–Crippen LogP) is 8.55. The largest absolute Gasteiger partial charge is 0.462 e. The number of benzene rings is 1. The minimum absolute atomic E-state index is 0.0520. The van der Waals surface area contributed by atoms with Gasteiger partial charge in [0.1, 0.15) is 12.4 Å². The van der Waals surface area contributed by atoms with Crippen molar-refractivity contribution in [2.45, 2.75) is 130 Å². The second-order valence-corrected chi connectivity index (χ2v) is 17.3. The summed E-state index contributed by atoms with van der Waals surface area (Å²) in [6.45, 7) is 13.5. The first-order chi connectivity index (χ1) is 20.7. The molecule has 6 rings (SSSR count). The Morgan fingerprint density at radius 1 is 0.864 bits per heavy atom. The molecule has 242 valence electrons. The summed E-state index contributed by atoms with van der Waals surface area (Å²) in [4.78, 5) is 37.6. The Kier molecular flexibility index (Phi) is 8.01. The summed E-state index contributed by atoms with van der Waals surface area (Å²) in [6.07, 6.45) is 13.7. The van der Waals surface area contributed by atoms with Gasteiger partial charge in [0, 0.05) is 22.1 Å². The lowest BCUT2D eigenvalue weighted by molar-refractivity contribution is -0.219. The van der Waals surface area contributed by atoms with Crippen LogP contribution in [0.3, 0.4) is 0 Å². The Balaban J connectivity index is 1.17. The van der Waals surface area contributed by atoms with Crippen molar-refractivity contribution in [1.82, 2.24) is 5.32 Å². The zero-order chi connectivity index (χ0) is 31.5. The van der Waals surface area contributed by atoms with Crippen molar-refractivity contribution >= 4 is 24.0 Å². The number of hydrogen-bond donors (Lipinski definition) is 2. The number of para-hydroxylation sites is 1. The van der Waals surface area contributed by atoms with E-state index in [9.17, 15) is 14.4 Å². The Bertz CT molecular complexity index is 1260. The summed E-state index contributed by atoms with van der Waals surface area (Å²) >= 11 is 0. The van der Waals surface area contributed by atoms with Crippen LogP contribution >= 0.6 is 0 Å². The van der Waals surface area contributed by atoms with E-state index in [2.05, 4.69) is 38.3 Å². The lowest BCUT2D eigenvalue weighted by atomic mass is 9.36. The molecule has 2 amide bonds. The smallest absolute Gasteiger partial charge is 0.319 e. The van der Waals surface area contributed by atoms with Crippen LogP contribution in [0.5, 0.6) is 0 Å². The van der Waals surface area contributed by atoms with Crippen molar-refractivity contribution in [3.05, 3.63) is 30.3 Å². The number of anilines is 1. The van der Waals surface area contributed by atoms with Gasteiger partial charge in [-0.15, -0.1) is 0 Å². The summed E-state index contributed by atoms with van der Waals surface area (Å²) in [7, 11) is 0. The van der Waals surface area contributed by atoms with Gasteiger partial charge < -0.3 is 20.2 Å². The minimum atomic E-state index is -0.687. The highest BCUT2D eigenvalue weighted by molar-refractivity contribution is 5.89. The van der Waals surface area contributed by atoms with Gasteiger partial charge in [-0.2, -0.15) is 0 Å². The number of urea groups is 1. The summed E-state index contributed by atoms with van der Waals surface area (Å²) in [6, 6.07) is 9.74. The number of nitrogens with one attached hydrogen (secondary N) is 2. The molecule has 0 spiro atoms. The van der Waals surface area contributed by atoms with Crippen LogP contribution in [-0.2, 0) is 14.3 Å². The maximum Gasteiger partial charge on any atom is 0.319 e. The fourth-order valence-corrected chi connectivity index (χ4v) is 12.1. The van der Waals surface area contributed by atoms with Gasteiger partial charge in [0.25, 0.3) is 0 Å². The van der Waals surface area contributed by atoms with E-state index in [1.165, 1.54) is 44.9 Å². The molecule has 5 aliphatic carbocycles. The first-order valence-corrected chi connectivity index (χ1v) is 17.5. The van der Waals surface area contributed by atoms with E-state index in [4.69, 9.17) is 4.74 Å². The molecule has 9 unspecified atom stereocenters. The molecule has 1 aromatic carbocycles. The van der Waals surface area contributed by atoms with Crippen molar-refractivity contribution in [3.8, 4) is 0 Å². The second kappa shape index (κ2) is 11.2. The average Bonchev–Trinajstić information content (AvgIpc) is 3.38. The highest BCUT2D eigenvalue weighted by Crippen LogP contribution is 2.72. The van der Waals surface area contributed by atoms with Crippen LogP contribution in [0, 0.1) is 51.2 Å². The van der Waals surface area contributed by atoms with Crippen LogP contribution in [0.1, 0.15) is 119 Å². The van der Waals surface area contributed by atoms with Gasteiger partial charge in [0.15, 0.2) is 0 Å². The molecule has 6 heteroatoms. The Labute approximate surface area is 265 Å². The fraction of sp³-hybridized carbons (Fsp3) is 0.763. The van der Waals surface area contributed by atoms with E-state index in [0.29, 0.717) is 35.0 Å². The minimum Gasteiger partial charge on any atom is -0.462 e. The van der Waals surface area contributed by atoms with Crippen LogP contribution in [0.25, 0.3) is 0 Å². The molecule has 5 saturated carbocycles. The van der Waals surface area contributed by atoms with E-state index in [1.54, 1.807) is 13.8 Å². The molecule has 0 radical (unpaired) electrons. The molecular formula is C38H56N2O4. The number of amides is 2. The molecule has 6 nitrogen and oxygen atoms in total. The van der Waals surface area contributed by atoms with Crippen molar-refractivity contribution in [1.29, 1.82) is 0 Å². The third kappa shape index (κ3) is 5.20. The summed E-state index contributed by atoms with van der Waals surface area (Å²) in [5, 5.41) is 6.65. The molecule has 1 aromatic rings. The molecule has 0 aliphatic heterocycles. The molecule has 0 aromatic heterocycles.